The fourth-order valence-corrected chi connectivity index (χ4v) is 5.04. The van der Waals surface area contributed by atoms with Gasteiger partial charge in [0.25, 0.3) is 5.78 Å². The van der Waals surface area contributed by atoms with Crippen LogP contribution in [0.2, 0.25) is 0 Å². The van der Waals surface area contributed by atoms with Gasteiger partial charge >= 0.3 is 0 Å². The lowest BCUT2D eigenvalue weighted by atomic mass is 9.70. The molecule has 2 heterocycles. The first-order valence-corrected chi connectivity index (χ1v) is 9.76. The summed E-state index contributed by atoms with van der Waals surface area (Å²) in [6.45, 7) is 10.9. The molecule has 2 aliphatic carbocycles. The Bertz CT molecular complexity index is 943. The lowest BCUT2D eigenvalue weighted by Gasteiger charge is -2.34. The molecule has 2 fully saturated rings. The second-order valence-corrected chi connectivity index (χ2v) is 8.82. The molecule has 2 aromatic heterocycles. The van der Waals surface area contributed by atoms with Crippen molar-refractivity contribution in [3.05, 3.63) is 23.3 Å². The number of hydrazone groups is 1. The summed E-state index contributed by atoms with van der Waals surface area (Å²) >= 11 is 0. The highest BCUT2D eigenvalue weighted by molar-refractivity contribution is 5.95. The molecule has 7 nitrogen and oxygen atoms in total. The van der Waals surface area contributed by atoms with Crippen molar-refractivity contribution in [3.8, 4) is 0 Å². The monoisotopic (exact) mass is 368 g/mol. The molecule has 1 amide bonds. The van der Waals surface area contributed by atoms with Crippen molar-refractivity contribution in [2.24, 2.45) is 21.8 Å². The SMILES string of the molecule is Cc1nc2ncnn2c(C)c1CCC(=O)N/N=C1/C[C@H]2CC[C@@]1(C)C2(C)C. The van der Waals surface area contributed by atoms with Gasteiger partial charge in [-0.1, -0.05) is 20.8 Å². The maximum absolute atomic E-state index is 12.4. The van der Waals surface area contributed by atoms with Gasteiger partial charge in [0, 0.05) is 28.9 Å². The van der Waals surface area contributed by atoms with Crippen LogP contribution in [-0.4, -0.2) is 31.2 Å². The van der Waals surface area contributed by atoms with Crippen molar-refractivity contribution in [2.75, 3.05) is 0 Å². The fraction of sp³-hybridized carbons (Fsp3) is 0.650. The van der Waals surface area contributed by atoms with Gasteiger partial charge in [-0.3, -0.25) is 4.79 Å². The number of fused-ring (bicyclic) bond motifs is 3. The number of aromatic nitrogens is 4. The molecule has 4 rings (SSSR count). The Morgan fingerprint density at radius 2 is 2.15 bits per heavy atom. The second kappa shape index (κ2) is 6.11. The molecule has 0 radical (unpaired) electrons. The number of carbonyl (C=O) groups excluding carboxylic acids is 1. The number of rotatable bonds is 4. The average Bonchev–Trinajstić information content (AvgIpc) is 3.21. The zero-order chi connectivity index (χ0) is 19.4. The summed E-state index contributed by atoms with van der Waals surface area (Å²) in [5.74, 6) is 1.23. The van der Waals surface area contributed by atoms with Gasteiger partial charge in [0.2, 0.25) is 5.91 Å². The Labute approximate surface area is 159 Å². The Kier molecular flexibility index (Phi) is 4.09. The number of nitrogens with one attached hydrogen (secondary N) is 1. The standard InChI is InChI=1S/C20H28N6O/c1-12-15(13(2)26-18(23-12)21-11-22-26)6-7-17(27)25-24-16-10-14-8-9-20(16,5)19(14,3)4/h11,14H,6-10H2,1-5H3,(H,25,27)/b24-16-/t14-,20-/m1/s1. The number of hydrogen-bond donors (Lipinski definition) is 1. The van der Waals surface area contributed by atoms with Gasteiger partial charge < -0.3 is 0 Å². The third-order valence-electron chi connectivity index (χ3n) is 7.42. The van der Waals surface area contributed by atoms with E-state index in [0.29, 0.717) is 24.5 Å². The molecule has 7 heteroatoms. The van der Waals surface area contributed by atoms with Crippen molar-refractivity contribution in [3.63, 3.8) is 0 Å². The molecule has 0 aromatic carbocycles. The summed E-state index contributed by atoms with van der Waals surface area (Å²) in [4.78, 5) is 21.0. The normalized spacial score (nSPS) is 27.6. The Morgan fingerprint density at radius 3 is 2.81 bits per heavy atom. The van der Waals surface area contributed by atoms with Crippen LogP contribution < -0.4 is 5.43 Å². The van der Waals surface area contributed by atoms with Crippen LogP contribution in [0.25, 0.3) is 5.78 Å². The highest BCUT2D eigenvalue weighted by Gasteiger charge is 2.59. The van der Waals surface area contributed by atoms with Crippen LogP contribution in [-0.2, 0) is 11.2 Å². The highest BCUT2D eigenvalue weighted by atomic mass is 16.2. The zero-order valence-electron chi connectivity index (χ0n) is 16.8. The number of aryl methyl sites for hydroxylation is 2. The van der Waals surface area contributed by atoms with E-state index >= 15 is 0 Å². The summed E-state index contributed by atoms with van der Waals surface area (Å²) in [5, 5.41) is 8.75. The largest absolute Gasteiger partial charge is 0.273 e. The van der Waals surface area contributed by atoms with Crippen LogP contribution in [0.15, 0.2) is 11.4 Å². The molecule has 0 aliphatic heterocycles. The lowest BCUT2D eigenvalue weighted by Crippen LogP contribution is -2.34. The predicted molar refractivity (Wildman–Crippen MR) is 103 cm³/mol. The first-order chi connectivity index (χ1) is 12.7. The van der Waals surface area contributed by atoms with Crippen LogP contribution in [0.1, 0.15) is 63.4 Å². The molecule has 27 heavy (non-hydrogen) atoms. The predicted octanol–water partition coefficient (Wildman–Crippen LogP) is 2.99. The van der Waals surface area contributed by atoms with Crippen LogP contribution in [0.4, 0.5) is 0 Å². The van der Waals surface area contributed by atoms with E-state index in [2.05, 4.69) is 46.4 Å². The first-order valence-electron chi connectivity index (χ1n) is 9.76. The van der Waals surface area contributed by atoms with E-state index in [-0.39, 0.29) is 16.7 Å². The Balaban J connectivity index is 1.43. The minimum Gasteiger partial charge on any atom is -0.273 e. The molecule has 0 unspecified atom stereocenters. The Morgan fingerprint density at radius 1 is 1.37 bits per heavy atom. The minimum atomic E-state index is -0.0517. The Hall–Kier alpha value is -2.31. The fourth-order valence-electron chi connectivity index (χ4n) is 5.04. The molecule has 0 saturated heterocycles. The second-order valence-electron chi connectivity index (χ2n) is 8.82. The maximum Gasteiger partial charge on any atom is 0.252 e. The van der Waals surface area contributed by atoms with Gasteiger partial charge in [0.1, 0.15) is 6.33 Å². The van der Waals surface area contributed by atoms with Gasteiger partial charge in [-0.25, -0.2) is 14.9 Å². The summed E-state index contributed by atoms with van der Waals surface area (Å²) in [6.07, 6.45) is 5.94. The smallest absolute Gasteiger partial charge is 0.252 e. The molecule has 2 saturated carbocycles. The molecule has 2 atom stereocenters. The van der Waals surface area contributed by atoms with E-state index in [9.17, 15) is 4.79 Å². The number of amides is 1. The van der Waals surface area contributed by atoms with Crippen LogP contribution in [0.3, 0.4) is 0 Å². The summed E-state index contributed by atoms with van der Waals surface area (Å²) in [5.41, 5.74) is 7.27. The molecule has 1 N–H and O–H groups in total. The van der Waals surface area contributed by atoms with Crippen molar-refractivity contribution in [2.45, 2.75) is 66.7 Å². The summed E-state index contributed by atoms with van der Waals surface area (Å²) < 4.78 is 1.72. The quantitative estimate of drug-likeness (QED) is 0.841. The van der Waals surface area contributed by atoms with Gasteiger partial charge in [0.15, 0.2) is 0 Å². The average molecular weight is 368 g/mol. The van der Waals surface area contributed by atoms with Gasteiger partial charge in [-0.05, 0) is 56.4 Å². The lowest BCUT2D eigenvalue weighted by molar-refractivity contribution is -0.121. The third-order valence-corrected chi connectivity index (χ3v) is 7.42. The molecule has 0 spiro atoms. The van der Waals surface area contributed by atoms with E-state index < -0.39 is 0 Å². The first kappa shape index (κ1) is 18.1. The van der Waals surface area contributed by atoms with E-state index in [1.807, 2.05) is 13.8 Å². The maximum atomic E-state index is 12.4. The van der Waals surface area contributed by atoms with E-state index in [1.165, 1.54) is 19.2 Å². The van der Waals surface area contributed by atoms with Crippen LogP contribution in [0, 0.1) is 30.6 Å². The van der Waals surface area contributed by atoms with E-state index in [1.54, 1.807) is 4.52 Å². The van der Waals surface area contributed by atoms with E-state index in [4.69, 9.17) is 0 Å². The molecule has 2 aliphatic rings. The molecular formula is C20H28N6O. The molecular weight excluding hydrogens is 340 g/mol. The van der Waals surface area contributed by atoms with Gasteiger partial charge in [-0.2, -0.15) is 15.2 Å². The topological polar surface area (TPSA) is 84.5 Å². The van der Waals surface area contributed by atoms with E-state index in [0.717, 1.165) is 29.1 Å². The third kappa shape index (κ3) is 2.66. The minimum absolute atomic E-state index is 0.0517. The summed E-state index contributed by atoms with van der Waals surface area (Å²) in [7, 11) is 0. The number of carbonyl (C=O) groups is 1. The number of nitrogens with zero attached hydrogens (tertiary/aromatic N) is 5. The zero-order valence-corrected chi connectivity index (χ0v) is 16.8. The molecule has 2 bridgehead atoms. The van der Waals surface area contributed by atoms with Crippen LogP contribution >= 0.6 is 0 Å². The van der Waals surface area contributed by atoms with Crippen molar-refractivity contribution in [1.82, 2.24) is 25.0 Å². The van der Waals surface area contributed by atoms with Crippen LogP contribution in [0.5, 0.6) is 0 Å². The van der Waals surface area contributed by atoms with Crippen molar-refractivity contribution in [1.29, 1.82) is 0 Å². The van der Waals surface area contributed by atoms with Crippen molar-refractivity contribution >= 4 is 17.4 Å². The van der Waals surface area contributed by atoms with Gasteiger partial charge in [-0.15, -0.1) is 0 Å². The highest BCUT2D eigenvalue weighted by Crippen LogP contribution is 2.63. The van der Waals surface area contributed by atoms with Gasteiger partial charge in [0.05, 0.1) is 0 Å². The molecule has 2 aromatic rings. The summed E-state index contributed by atoms with van der Waals surface area (Å²) in [6, 6.07) is 0. The van der Waals surface area contributed by atoms with Crippen molar-refractivity contribution < 1.29 is 4.79 Å². The molecule has 144 valence electrons. The number of hydrogen-bond acceptors (Lipinski definition) is 5.